The average molecular weight is 397 g/mol. The van der Waals surface area contributed by atoms with Crippen LogP contribution < -0.4 is 5.32 Å². The van der Waals surface area contributed by atoms with Gasteiger partial charge in [-0.15, -0.1) is 0 Å². The van der Waals surface area contributed by atoms with Gasteiger partial charge in [-0.3, -0.25) is 19.3 Å². The van der Waals surface area contributed by atoms with Gasteiger partial charge >= 0.3 is 0 Å². The summed E-state index contributed by atoms with van der Waals surface area (Å²) in [5.41, 5.74) is 1.55. The molecule has 4 rings (SSSR count). The molecule has 1 aliphatic heterocycles. The van der Waals surface area contributed by atoms with Crippen LogP contribution >= 0.6 is 11.6 Å². The zero-order valence-electron chi connectivity index (χ0n) is 15.4. The molecular formula is C22H21ClN2O3. The first-order chi connectivity index (χ1) is 13.5. The van der Waals surface area contributed by atoms with E-state index in [1.54, 1.807) is 48.5 Å². The van der Waals surface area contributed by atoms with Crippen molar-refractivity contribution >= 4 is 35.0 Å². The predicted octanol–water partition coefficient (Wildman–Crippen LogP) is 4.38. The molecule has 5 nitrogen and oxygen atoms in total. The molecule has 0 radical (unpaired) electrons. The molecule has 1 N–H and O–H groups in total. The third-order valence-electron chi connectivity index (χ3n) is 5.63. The largest absolute Gasteiger partial charge is 0.326 e. The molecule has 1 aliphatic carbocycles. The number of nitrogens with zero attached hydrogens (tertiary/aromatic N) is 1. The minimum absolute atomic E-state index is 0.0462. The number of rotatable bonds is 4. The summed E-state index contributed by atoms with van der Waals surface area (Å²) in [5, 5.41) is 3.49. The second kappa shape index (κ2) is 7.76. The van der Waals surface area contributed by atoms with Gasteiger partial charge in [0.05, 0.1) is 11.1 Å². The Kier molecular flexibility index (Phi) is 5.18. The van der Waals surface area contributed by atoms with E-state index < -0.39 is 0 Å². The minimum Gasteiger partial charge on any atom is -0.326 e. The molecule has 2 atom stereocenters. The van der Waals surface area contributed by atoms with E-state index in [-0.39, 0.29) is 36.1 Å². The summed E-state index contributed by atoms with van der Waals surface area (Å²) in [7, 11) is 0. The van der Waals surface area contributed by atoms with Gasteiger partial charge in [-0.05, 0) is 49.1 Å². The molecule has 0 spiro atoms. The maximum atomic E-state index is 12.9. The molecule has 0 bridgehead atoms. The number of carbonyl (C=O) groups is 3. The molecular weight excluding hydrogens is 376 g/mol. The predicted molar refractivity (Wildman–Crippen MR) is 107 cm³/mol. The molecule has 1 fully saturated rings. The van der Waals surface area contributed by atoms with Gasteiger partial charge in [0.1, 0.15) is 0 Å². The van der Waals surface area contributed by atoms with E-state index in [1.165, 1.54) is 4.90 Å². The third kappa shape index (κ3) is 3.54. The molecule has 3 amide bonds. The van der Waals surface area contributed by atoms with Gasteiger partial charge in [-0.2, -0.15) is 0 Å². The molecule has 2 aliphatic rings. The van der Waals surface area contributed by atoms with E-state index in [2.05, 4.69) is 5.32 Å². The lowest BCUT2D eigenvalue weighted by atomic mass is 9.78. The molecule has 2 aromatic carbocycles. The van der Waals surface area contributed by atoms with E-state index in [0.717, 1.165) is 25.7 Å². The van der Waals surface area contributed by atoms with Crippen LogP contribution in [0.15, 0.2) is 48.5 Å². The summed E-state index contributed by atoms with van der Waals surface area (Å²) in [6.45, 7) is 0.278. The first-order valence-electron chi connectivity index (χ1n) is 9.56. The number of hydrogen-bond acceptors (Lipinski definition) is 3. The van der Waals surface area contributed by atoms with Crippen molar-refractivity contribution in [3.63, 3.8) is 0 Å². The molecule has 28 heavy (non-hydrogen) atoms. The minimum atomic E-state index is -0.264. The van der Waals surface area contributed by atoms with Crippen molar-refractivity contribution in [3.05, 3.63) is 64.7 Å². The lowest BCUT2D eigenvalue weighted by molar-refractivity contribution is -0.122. The fraction of sp³-hybridized carbons (Fsp3) is 0.318. The Hall–Kier alpha value is -2.66. The first-order valence-corrected chi connectivity index (χ1v) is 9.94. The van der Waals surface area contributed by atoms with Gasteiger partial charge in [0, 0.05) is 23.2 Å². The molecule has 0 saturated heterocycles. The van der Waals surface area contributed by atoms with Crippen molar-refractivity contribution in [3.8, 4) is 0 Å². The smallest absolute Gasteiger partial charge is 0.261 e. The monoisotopic (exact) mass is 396 g/mol. The molecule has 1 heterocycles. The van der Waals surface area contributed by atoms with Crippen molar-refractivity contribution in [1.29, 1.82) is 0 Å². The highest BCUT2D eigenvalue weighted by Crippen LogP contribution is 2.34. The van der Waals surface area contributed by atoms with Crippen molar-refractivity contribution in [1.82, 2.24) is 4.90 Å². The Morgan fingerprint density at radius 3 is 2.36 bits per heavy atom. The number of amides is 3. The number of halogens is 1. The fourth-order valence-corrected chi connectivity index (χ4v) is 4.40. The van der Waals surface area contributed by atoms with E-state index in [0.29, 0.717) is 21.8 Å². The maximum absolute atomic E-state index is 12.9. The van der Waals surface area contributed by atoms with Crippen LogP contribution in [0, 0.1) is 11.8 Å². The Balaban J connectivity index is 1.49. The van der Waals surface area contributed by atoms with E-state index in [9.17, 15) is 14.4 Å². The lowest BCUT2D eigenvalue weighted by Crippen LogP contribution is -2.41. The summed E-state index contributed by atoms with van der Waals surface area (Å²) >= 11 is 6.00. The summed E-state index contributed by atoms with van der Waals surface area (Å²) < 4.78 is 0. The molecule has 1 saturated carbocycles. The quantitative estimate of drug-likeness (QED) is 0.780. The van der Waals surface area contributed by atoms with Gasteiger partial charge in [-0.25, -0.2) is 0 Å². The van der Waals surface area contributed by atoms with Crippen LogP contribution in [0.2, 0.25) is 5.02 Å². The van der Waals surface area contributed by atoms with Crippen LogP contribution in [0.25, 0.3) is 0 Å². The zero-order valence-corrected chi connectivity index (χ0v) is 16.1. The molecule has 2 unspecified atom stereocenters. The molecule has 6 heteroatoms. The van der Waals surface area contributed by atoms with Gasteiger partial charge < -0.3 is 5.32 Å². The van der Waals surface area contributed by atoms with Crippen LogP contribution in [-0.4, -0.2) is 29.2 Å². The van der Waals surface area contributed by atoms with Crippen LogP contribution in [0.3, 0.4) is 0 Å². The fourth-order valence-electron chi connectivity index (χ4n) is 4.21. The van der Waals surface area contributed by atoms with Crippen molar-refractivity contribution < 1.29 is 14.4 Å². The SMILES string of the molecule is O=C(Nc1cccc(Cl)c1)C1CCCCC1CN1C(=O)c2ccccc2C1=O. The summed E-state index contributed by atoms with van der Waals surface area (Å²) in [4.78, 5) is 39.6. The van der Waals surface area contributed by atoms with Crippen LogP contribution in [0.1, 0.15) is 46.4 Å². The Morgan fingerprint density at radius 1 is 1.00 bits per heavy atom. The van der Waals surface area contributed by atoms with Crippen LogP contribution in [0.5, 0.6) is 0 Å². The lowest BCUT2D eigenvalue weighted by Gasteiger charge is -2.32. The van der Waals surface area contributed by atoms with E-state index in [1.807, 2.05) is 0 Å². The van der Waals surface area contributed by atoms with Crippen LogP contribution in [0.4, 0.5) is 5.69 Å². The van der Waals surface area contributed by atoms with E-state index >= 15 is 0 Å². The molecule has 144 valence electrons. The number of nitrogens with one attached hydrogen (secondary N) is 1. The molecule has 2 aromatic rings. The van der Waals surface area contributed by atoms with E-state index in [4.69, 9.17) is 11.6 Å². The second-order valence-electron chi connectivity index (χ2n) is 7.42. The molecule has 0 aromatic heterocycles. The number of imide groups is 1. The van der Waals surface area contributed by atoms with Gasteiger partial charge in [-0.1, -0.05) is 42.6 Å². The number of benzene rings is 2. The van der Waals surface area contributed by atoms with Crippen LogP contribution in [-0.2, 0) is 4.79 Å². The Labute approximate surface area is 168 Å². The maximum Gasteiger partial charge on any atom is 0.261 e. The number of hydrogen-bond donors (Lipinski definition) is 1. The van der Waals surface area contributed by atoms with Crippen molar-refractivity contribution in [2.24, 2.45) is 11.8 Å². The zero-order chi connectivity index (χ0) is 19.7. The summed E-state index contributed by atoms with van der Waals surface area (Å²) in [5.74, 6) is -0.892. The first kappa shape index (κ1) is 18.7. The highest BCUT2D eigenvalue weighted by molar-refractivity contribution is 6.30. The normalized spacial score (nSPS) is 21.5. The Bertz CT molecular complexity index is 908. The highest BCUT2D eigenvalue weighted by atomic mass is 35.5. The van der Waals surface area contributed by atoms with Gasteiger partial charge in [0.25, 0.3) is 11.8 Å². The number of anilines is 1. The standard InChI is InChI=1S/C22H21ClN2O3/c23-15-7-5-8-16(12-15)24-20(26)17-9-2-1-6-14(17)13-25-21(27)18-10-3-4-11-19(18)22(25)28/h3-5,7-8,10-12,14,17H,1-2,6,9,13H2,(H,24,26). The number of carbonyl (C=O) groups excluding carboxylic acids is 3. The Morgan fingerprint density at radius 2 is 1.68 bits per heavy atom. The van der Waals surface area contributed by atoms with Crippen molar-refractivity contribution in [2.45, 2.75) is 25.7 Å². The highest BCUT2D eigenvalue weighted by Gasteiger charge is 2.40. The summed E-state index contributed by atoms with van der Waals surface area (Å²) in [6, 6.07) is 13.9. The van der Waals surface area contributed by atoms with Gasteiger partial charge in [0.15, 0.2) is 0 Å². The van der Waals surface area contributed by atoms with Crippen molar-refractivity contribution in [2.75, 3.05) is 11.9 Å². The summed E-state index contributed by atoms with van der Waals surface area (Å²) in [6.07, 6.45) is 3.53. The van der Waals surface area contributed by atoms with Gasteiger partial charge in [0.2, 0.25) is 5.91 Å². The topological polar surface area (TPSA) is 66.5 Å². The third-order valence-corrected chi connectivity index (χ3v) is 5.87. The second-order valence-corrected chi connectivity index (χ2v) is 7.85. The number of fused-ring (bicyclic) bond motifs is 1. The average Bonchev–Trinajstić information content (AvgIpc) is 2.94.